The van der Waals surface area contributed by atoms with E-state index in [4.69, 9.17) is 0 Å². The van der Waals surface area contributed by atoms with Crippen LogP contribution in [0.5, 0.6) is 0 Å². The van der Waals surface area contributed by atoms with E-state index in [9.17, 15) is 22.0 Å². The van der Waals surface area contributed by atoms with Crippen LogP contribution in [0.15, 0.2) is 6.07 Å². The van der Waals surface area contributed by atoms with E-state index in [1.165, 1.54) is 22.6 Å². The van der Waals surface area contributed by atoms with E-state index in [2.05, 4.69) is 4.98 Å². The summed E-state index contributed by atoms with van der Waals surface area (Å²) < 4.78 is 61.7. The second kappa shape index (κ2) is 4.18. The summed E-state index contributed by atoms with van der Waals surface area (Å²) in [4.78, 5) is 3.22. The smallest absolute Gasteiger partial charge is 0.237 e. The van der Waals surface area contributed by atoms with Crippen LogP contribution in [0.3, 0.4) is 0 Å². The zero-order chi connectivity index (χ0) is 11.8. The highest BCUT2D eigenvalue weighted by molar-refractivity contribution is 14.1. The van der Waals surface area contributed by atoms with Crippen molar-refractivity contribution < 1.29 is 22.0 Å². The Labute approximate surface area is 95.8 Å². The average molecular weight is 337 g/mol. The molecule has 1 aromatic rings. The predicted molar refractivity (Wildman–Crippen MR) is 51.7 cm³/mol. The largest absolute Gasteiger partial charge is 0.433 e. The van der Waals surface area contributed by atoms with E-state index in [0.29, 0.717) is 0 Å². The number of alkyl halides is 5. The molecule has 0 saturated heterocycles. The van der Waals surface area contributed by atoms with Crippen LogP contribution in [0, 0.1) is 10.6 Å². The van der Waals surface area contributed by atoms with Crippen LogP contribution in [0.2, 0.25) is 0 Å². The maximum atomic E-state index is 12.4. The lowest BCUT2D eigenvalue weighted by Crippen LogP contribution is -2.13. The van der Waals surface area contributed by atoms with Crippen LogP contribution in [0.1, 0.15) is 23.2 Å². The molecule has 0 bridgehead atoms. The highest BCUT2D eigenvalue weighted by Gasteiger charge is 2.36. The van der Waals surface area contributed by atoms with E-state index in [1.807, 2.05) is 0 Å². The summed E-state index contributed by atoms with van der Waals surface area (Å²) in [6.07, 6.45) is -7.63. The topological polar surface area (TPSA) is 12.9 Å². The first-order chi connectivity index (χ1) is 6.73. The first-order valence-corrected chi connectivity index (χ1v) is 4.83. The third-order valence-electron chi connectivity index (χ3n) is 1.79. The standard InChI is InChI=1S/C8H5F5IN/c1-3-4(7(9)10)2-5(14)15-6(3)8(11,12)13/h2,7H,1H3. The lowest BCUT2D eigenvalue weighted by molar-refractivity contribution is -0.141. The number of hydrogen-bond acceptors (Lipinski definition) is 1. The minimum Gasteiger partial charge on any atom is -0.237 e. The Morgan fingerprint density at radius 2 is 1.87 bits per heavy atom. The molecule has 7 heteroatoms. The average Bonchev–Trinajstić information content (AvgIpc) is 2.06. The highest BCUT2D eigenvalue weighted by Crippen LogP contribution is 2.34. The molecule has 0 atom stereocenters. The van der Waals surface area contributed by atoms with Gasteiger partial charge in [-0.1, -0.05) is 0 Å². The number of hydrogen-bond donors (Lipinski definition) is 0. The molecule has 84 valence electrons. The molecule has 0 unspecified atom stereocenters. The third kappa shape index (κ3) is 2.76. The molecule has 0 saturated carbocycles. The van der Waals surface area contributed by atoms with Crippen LogP contribution >= 0.6 is 22.6 Å². The Balaban J connectivity index is 3.42. The van der Waals surface area contributed by atoms with Crippen LogP contribution in [-0.4, -0.2) is 4.98 Å². The van der Waals surface area contributed by atoms with Crippen LogP contribution in [-0.2, 0) is 6.18 Å². The van der Waals surface area contributed by atoms with Crippen molar-refractivity contribution in [3.05, 3.63) is 26.6 Å². The van der Waals surface area contributed by atoms with E-state index in [1.54, 1.807) is 0 Å². The van der Waals surface area contributed by atoms with Gasteiger partial charge in [0.1, 0.15) is 9.39 Å². The number of pyridine rings is 1. The molecule has 1 heterocycles. The molecule has 1 aromatic heterocycles. The summed E-state index contributed by atoms with van der Waals surface area (Å²) in [6, 6.07) is 0.954. The van der Waals surface area contributed by atoms with Gasteiger partial charge in [0.2, 0.25) is 0 Å². The number of aromatic nitrogens is 1. The normalized spacial score (nSPS) is 12.3. The second-order valence-electron chi connectivity index (χ2n) is 2.81. The van der Waals surface area contributed by atoms with Gasteiger partial charge in [-0.15, -0.1) is 0 Å². The van der Waals surface area contributed by atoms with Crippen molar-refractivity contribution in [3.63, 3.8) is 0 Å². The van der Waals surface area contributed by atoms with Gasteiger partial charge in [-0.3, -0.25) is 0 Å². The fourth-order valence-electron chi connectivity index (χ4n) is 1.10. The van der Waals surface area contributed by atoms with Crippen molar-refractivity contribution in [1.29, 1.82) is 0 Å². The van der Waals surface area contributed by atoms with E-state index >= 15 is 0 Å². The van der Waals surface area contributed by atoms with Gasteiger partial charge in [0.15, 0.2) is 0 Å². The number of halogens is 6. The van der Waals surface area contributed by atoms with Crippen LogP contribution < -0.4 is 0 Å². The van der Waals surface area contributed by atoms with Gasteiger partial charge in [0.25, 0.3) is 6.43 Å². The van der Waals surface area contributed by atoms with Crippen molar-refractivity contribution in [2.75, 3.05) is 0 Å². The van der Waals surface area contributed by atoms with E-state index in [-0.39, 0.29) is 3.70 Å². The Bertz CT molecular complexity index is 374. The Kier molecular flexibility index (Phi) is 3.51. The molecule has 0 spiro atoms. The summed E-state index contributed by atoms with van der Waals surface area (Å²) in [5.74, 6) is 0. The monoisotopic (exact) mass is 337 g/mol. The minimum atomic E-state index is -4.70. The molecule has 0 N–H and O–H groups in total. The van der Waals surface area contributed by atoms with Gasteiger partial charge < -0.3 is 0 Å². The zero-order valence-electron chi connectivity index (χ0n) is 7.37. The zero-order valence-corrected chi connectivity index (χ0v) is 9.53. The molecule has 0 aliphatic rings. The summed E-state index contributed by atoms with van der Waals surface area (Å²) in [5, 5.41) is 0. The Hall–Kier alpha value is -0.470. The molecule has 1 rings (SSSR count). The highest BCUT2D eigenvalue weighted by atomic mass is 127. The van der Waals surface area contributed by atoms with Gasteiger partial charge in [0.05, 0.1) is 0 Å². The van der Waals surface area contributed by atoms with Crippen molar-refractivity contribution in [3.8, 4) is 0 Å². The Morgan fingerprint density at radius 1 is 1.33 bits per heavy atom. The first kappa shape index (κ1) is 12.6. The first-order valence-electron chi connectivity index (χ1n) is 3.76. The summed E-state index contributed by atoms with van der Waals surface area (Å²) in [5.41, 5.74) is -2.38. The Morgan fingerprint density at radius 3 is 2.27 bits per heavy atom. The van der Waals surface area contributed by atoms with Gasteiger partial charge in [-0.05, 0) is 41.1 Å². The SMILES string of the molecule is Cc1c(C(F)F)cc(I)nc1C(F)(F)F. The molecular formula is C8H5F5IN. The minimum absolute atomic E-state index is 0.0965. The van der Waals surface area contributed by atoms with Crippen molar-refractivity contribution in [2.45, 2.75) is 19.5 Å². The molecular weight excluding hydrogens is 332 g/mol. The molecule has 0 radical (unpaired) electrons. The van der Waals surface area contributed by atoms with Crippen molar-refractivity contribution >= 4 is 22.6 Å². The van der Waals surface area contributed by atoms with Crippen molar-refractivity contribution in [1.82, 2.24) is 4.98 Å². The van der Waals surface area contributed by atoms with Gasteiger partial charge >= 0.3 is 6.18 Å². The van der Waals surface area contributed by atoms with Crippen molar-refractivity contribution in [2.24, 2.45) is 0 Å². The number of nitrogens with zero attached hydrogens (tertiary/aromatic N) is 1. The van der Waals surface area contributed by atoms with Crippen LogP contribution in [0.4, 0.5) is 22.0 Å². The lowest BCUT2D eigenvalue weighted by Gasteiger charge is -2.13. The maximum absolute atomic E-state index is 12.4. The molecule has 0 aliphatic heterocycles. The van der Waals surface area contributed by atoms with Crippen LogP contribution in [0.25, 0.3) is 0 Å². The van der Waals surface area contributed by atoms with Gasteiger partial charge in [0, 0.05) is 5.56 Å². The lowest BCUT2D eigenvalue weighted by atomic mass is 10.1. The molecule has 1 nitrogen and oxygen atoms in total. The van der Waals surface area contributed by atoms with E-state index in [0.717, 1.165) is 13.0 Å². The van der Waals surface area contributed by atoms with Gasteiger partial charge in [-0.25, -0.2) is 13.8 Å². The second-order valence-corrected chi connectivity index (χ2v) is 3.91. The summed E-state index contributed by atoms with van der Waals surface area (Å²) in [7, 11) is 0. The van der Waals surface area contributed by atoms with Gasteiger partial charge in [-0.2, -0.15) is 13.2 Å². The molecule has 15 heavy (non-hydrogen) atoms. The fourth-order valence-corrected chi connectivity index (χ4v) is 1.68. The fraction of sp³-hybridized carbons (Fsp3) is 0.375. The molecule has 0 aliphatic carbocycles. The summed E-state index contributed by atoms with van der Waals surface area (Å²) >= 11 is 1.48. The molecule has 0 aromatic carbocycles. The quantitative estimate of drug-likeness (QED) is 0.430. The third-order valence-corrected chi connectivity index (χ3v) is 2.34. The molecule has 0 fully saturated rings. The summed E-state index contributed by atoms with van der Waals surface area (Å²) in [6.45, 7) is 0.993. The number of rotatable bonds is 1. The maximum Gasteiger partial charge on any atom is 0.433 e. The molecule has 0 amide bonds. The van der Waals surface area contributed by atoms with E-state index < -0.39 is 29.4 Å². The predicted octanol–water partition coefficient (Wildman–Crippen LogP) is 3.95.